The largest absolute Gasteiger partial charge is 0.466 e. The molecular weight excluding hydrogens is 218 g/mol. The summed E-state index contributed by atoms with van der Waals surface area (Å²) in [5.41, 5.74) is 0. The first kappa shape index (κ1) is 16.4. The normalized spacial score (nSPS) is 14.7. The average molecular weight is 245 g/mol. The summed E-state index contributed by atoms with van der Waals surface area (Å²) < 4.78 is 4.78. The molecule has 0 aromatic carbocycles. The lowest BCUT2D eigenvalue weighted by Crippen LogP contribution is -2.39. The van der Waals surface area contributed by atoms with Gasteiger partial charge in [0, 0.05) is 12.6 Å². The highest BCUT2D eigenvalue weighted by molar-refractivity contribution is 5.69. The zero-order valence-corrected chi connectivity index (χ0v) is 11.5. The molecule has 0 aromatic heterocycles. The van der Waals surface area contributed by atoms with E-state index in [-0.39, 0.29) is 12.4 Å². The number of esters is 1. The standard InChI is InChI=1S/C13H27NO3/c1-5-11(6-2)10(4)14-9-12(15)8-13(16)17-7-3/h10-12,14-15H,5-9H2,1-4H3. The predicted octanol–water partition coefficient (Wildman–Crippen LogP) is 1.71. The van der Waals surface area contributed by atoms with Gasteiger partial charge in [-0.2, -0.15) is 0 Å². The number of aliphatic hydroxyl groups is 1. The Kier molecular flexibility index (Phi) is 9.09. The molecule has 0 aromatic rings. The van der Waals surface area contributed by atoms with E-state index < -0.39 is 6.10 Å². The van der Waals surface area contributed by atoms with Crippen molar-refractivity contribution in [2.24, 2.45) is 5.92 Å². The third-order valence-electron chi connectivity index (χ3n) is 3.14. The van der Waals surface area contributed by atoms with Gasteiger partial charge in [-0.3, -0.25) is 4.79 Å². The van der Waals surface area contributed by atoms with E-state index >= 15 is 0 Å². The molecule has 4 nitrogen and oxygen atoms in total. The molecule has 0 radical (unpaired) electrons. The molecule has 2 atom stereocenters. The van der Waals surface area contributed by atoms with E-state index in [9.17, 15) is 9.90 Å². The molecule has 102 valence electrons. The van der Waals surface area contributed by atoms with Crippen molar-refractivity contribution >= 4 is 5.97 Å². The fourth-order valence-corrected chi connectivity index (χ4v) is 1.97. The molecule has 0 bridgehead atoms. The Morgan fingerprint density at radius 1 is 1.29 bits per heavy atom. The van der Waals surface area contributed by atoms with Crippen LogP contribution in [-0.4, -0.2) is 36.4 Å². The molecular formula is C13H27NO3. The number of hydrogen-bond donors (Lipinski definition) is 2. The van der Waals surface area contributed by atoms with Crippen LogP contribution in [0.4, 0.5) is 0 Å². The molecule has 0 aliphatic heterocycles. The van der Waals surface area contributed by atoms with Crippen molar-refractivity contribution in [1.82, 2.24) is 5.32 Å². The van der Waals surface area contributed by atoms with Crippen molar-refractivity contribution in [2.45, 2.75) is 59.1 Å². The third kappa shape index (κ3) is 7.34. The Morgan fingerprint density at radius 3 is 2.35 bits per heavy atom. The molecule has 0 amide bonds. The van der Waals surface area contributed by atoms with Gasteiger partial charge in [0.1, 0.15) is 0 Å². The highest BCUT2D eigenvalue weighted by Crippen LogP contribution is 2.12. The average Bonchev–Trinajstić information content (AvgIpc) is 2.28. The summed E-state index contributed by atoms with van der Waals surface area (Å²) in [5.74, 6) is 0.279. The van der Waals surface area contributed by atoms with E-state index in [2.05, 4.69) is 26.1 Å². The molecule has 0 spiro atoms. The smallest absolute Gasteiger partial charge is 0.308 e. The minimum atomic E-state index is -0.661. The van der Waals surface area contributed by atoms with Crippen molar-refractivity contribution < 1.29 is 14.6 Å². The van der Waals surface area contributed by atoms with Gasteiger partial charge in [0.25, 0.3) is 0 Å². The van der Waals surface area contributed by atoms with Crippen LogP contribution in [-0.2, 0) is 9.53 Å². The third-order valence-corrected chi connectivity index (χ3v) is 3.14. The Morgan fingerprint density at radius 2 is 1.88 bits per heavy atom. The second kappa shape index (κ2) is 9.42. The van der Waals surface area contributed by atoms with Crippen LogP contribution in [0.15, 0.2) is 0 Å². The van der Waals surface area contributed by atoms with Crippen molar-refractivity contribution in [3.8, 4) is 0 Å². The van der Waals surface area contributed by atoms with Crippen LogP contribution >= 0.6 is 0 Å². The van der Waals surface area contributed by atoms with Gasteiger partial charge in [0.2, 0.25) is 0 Å². The van der Waals surface area contributed by atoms with Crippen molar-refractivity contribution in [3.63, 3.8) is 0 Å². The molecule has 4 heteroatoms. The van der Waals surface area contributed by atoms with Crippen LogP contribution < -0.4 is 5.32 Å². The van der Waals surface area contributed by atoms with Crippen molar-refractivity contribution in [1.29, 1.82) is 0 Å². The first-order valence-corrected chi connectivity index (χ1v) is 6.62. The molecule has 0 fully saturated rings. The van der Waals surface area contributed by atoms with Crippen LogP contribution in [0.2, 0.25) is 0 Å². The Bertz CT molecular complexity index is 205. The SMILES string of the molecule is CCOC(=O)CC(O)CNC(C)C(CC)CC. The van der Waals surface area contributed by atoms with E-state index in [0.29, 0.717) is 25.1 Å². The van der Waals surface area contributed by atoms with Crippen LogP contribution in [0.25, 0.3) is 0 Å². The topological polar surface area (TPSA) is 58.6 Å². The summed E-state index contributed by atoms with van der Waals surface area (Å²) in [6, 6.07) is 0.363. The van der Waals surface area contributed by atoms with Gasteiger partial charge >= 0.3 is 5.97 Å². The number of carbonyl (C=O) groups is 1. The van der Waals surface area contributed by atoms with Gasteiger partial charge in [-0.05, 0) is 19.8 Å². The van der Waals surface area contributed by atoms with Gasteiger partial charge in [-0.15, -0.1) is 0 Å². The lowest BCUT2D eigenvalue weighted by atomic mass is 9.95. The van der Waals surface area contributed by atoms with Gasteiger partial charge in [0.15, 0.2) is 0 Å². The number of carbonyl (C=O) groups excluding carboxylic acids is 1. The maximum absolute atomic E-state index is 11.1. The Hall–Kier alpha value is -0.610. The van der Waals surface area contributed by atoms with E-state index in [1.807, 2.05) is 0 Å². The predicted molar refractivity (Wildman–Crippen MR) is 68.8 cm³/mol. The monoisotopic (exact) mass is 245 g/mol. The highest BCUT2D eigenvalue weighted by Gasteiger charge is 2.16. The highest BCUT2D eigenvalue weighted by atomic mass is 16.5. The fourth-order valence-electron chi connectivity index (χ4n) is 1.97. The van der Waals surface area contributed by atoms with E-state index in [1.165, 1.54) is 0 Å². The second-order valence-corrected chi connectivity index (χ2v) is 4.44. The molecule has 2 unspecified atom stereocenters. The quantitative estimate of drug-likeness (QED) is 0.607. The summed E-state index contributed by atoms with van der Waals surface area (Å²) in [4.78, 5) is 11.1. The van der Waals surface area contributed by atoms with E-state index in [4.69, 9.17) is 4.74 Å². The number of hydrogen-bond acceptors (Lipinski definition) is 4. The zero-order valence-electron chi connectivity index (χ0n) is 11.5. The van der Waals surface area contributed by atoms with E-state index in [0.717, 1.165) is 12.8 Å². The zero-order chi connectivity index (χ0) is 13.3. The first-order chi connectivity index (χ1) is 8.04. The molecule has 0 saturated heterocycles. The number of aliphatic hydroxyl groups excluding tert-OH is 1. The molecule has 0 saturated carbocycles. The van der Waals surface area contributed by atoms with Gasteiger partial charge in [0.05, 0.1) is 19.1 Å². The summed E-state index contributed by atoms with van der Waals surface area (Å²) in [6.07, 6.45) is 1.65. The summed E-state index contributed by atoms with van der Waals surface area (Å²) in [7, 11) is 0. The molecule has 0 heterocycles. The Balaban J connectivity index is 3.82. The second-order valence-electron chi connectivity index (χ2n) is 4.44. The van der Waals surface area contributed by atoms with Gasteiger partial charge in [-0.1, -0.05) is 26.7 Å². The maximum Gasteiger partial charge on any atom is 0.308 e. The summed E-state index contributed by atoms with van der Waals surface area (Å²) in [5, 5.41) is 12.9. The fraction of sp³-hybridized carbons (Fsp3) is 0.923. The number of rotatable bonds is 9. The van der Waals surface area contributed by atoms with Crippen LogP contribution in [0.3, 0.4) is 0 Å². The van der Waals surface area contributed by atoms with Gasteiger partial charge < -0.3 is 15.2 Å². The van der Waals surface area contributed by atoms with Crippen LogP contribution in [0.1, 0.15) is 47.0 Å². The lowest BCUT2D eigenvalue weighted by Gasteiger charge is -2.23. The molecule has 0 aliphatic rings. The van der Waals surface area contributed by atoms with E-state index in [1.54, 1.807) is 6.92 Å². The summed E-state index contributed by atoms with van der Waals surface area (Å²) >= 11 is 0. The molecule has 0 aliphatic carbocycles. The number of ether oxygens (including phenoxy) is 1. The summed E-state index contributed by atoms with van der Waals surface area (Å²) in [6.45, 7) is 9.02. The minimum absolute atomic E-state index is 0.0659. The molecule has 2 N–H and O–H groups in total. The molecule has 17 heavy (non-hydrogen) atoms. The molecule has 0 rings (SSSR count). The van der Waals surface area contributed by atoms with Crippen molar-refractivity contribution in [2.75, 3.05) is 13.2 Å². The lowest BCUT2D eigenvalue weighted by molar-refractivity contribution is -0.145. The first-order valence-electron chi connectivity index (χ1n) is 6.62. The van der Waals surface area contributed by atoms with Crippen LogP contribution in [0, 0.1) is 5.92 Å². The maximum atomic E-state index is 11.1. The minimum Gasteiger partial charge on any atom is -0.466 e. The van der Waals surface area contributed by atoms with Crippen molar-refractivity contribution in [3.05, 3.63) is 0 Å². The number of nitrogens with one attached hydrogen (secondary N) is 1. The van der Waals surface area contributed by atoms with Crippen LogP contribution in [0.5, 0.6) is 0 Å². The Labute approximate surface area is 105 Å². The van der Waals surface area contributed by atoms with Gasteiger partial charge in [-0.25, -0.2) is 0 Å².